The van der Waals surface area contributed by atoms with E-state index >= 15 is 0 Å². The molecular formula is C21H14N4O10. The molecule has 14 nitrogen and oxygen atoms in total. The summed E-state index contributed by atoms with van der Waals surface area (Å²) in [6.45, 7) is 0. The summed E-state index contributed by atoms with van der Waals surface area (Å²) in [7, 11) is 0. The number of hydrogen-bond donors (Lipinski definition) is 7. The van der Waals surface area contributed by atoms with Crippen molar-refractivity contribution in [1.82, 2.24) is 10.2 Å². The van der Waals surface area contributed by atoms with Gasteiger partial charge in [-0.2, -0.15) is 5.10 Å². The molecule has 0 bridgehead atoms. The van der Waals surface area contributed by atoms with Gasteiger partial charge in [0.25, 0.3) is 11.8 Å². The summed E-state index contributed by atoms with van der Waals surface area (Å²) < 4.78 is 0. The van der Waals surface area contributed by atoms with Crippen LogP contribution in [-0.4, -0.2) is 66.3 Å². The molecule has 0 radical (unpaired) electrons. The zero-order chi connectivity index (χ0) is 25.9. The number of aromatic amines is 1. The van der Waals surface area contributed by atoms with Crippen LogP contribution >= 0.6 is 0 Å². The van der Waals surface area contributed by atoms with Crippen LogP contribution in [0.5, 0.6) is 0 Å². The standard InChI is InChI=1S/C21H14N4O10/c26-16(22-12-3-8(18(28)29)1-9(4-12)19(30)31)14-7-15(25-24-14)17(27)23-13-5-10(20(32)33)2-11(6-13)21(34)35/h1-7H,(H,22,26)(H,23,27)(H,24,25)(H,28,29)(H,30,31)(H,32,33)(H,34,35). The van der Waals surface area contributed by atoms with Crippen molar-refractivity contribution in [2.24, 2.45) is 0 Å². The van der Waals surface area contributed by atoms with Crippen molar-refractivity contribution in [1.29, 1.82) is 0 Å². The Balaban J connectivity index is 1.80. The highest BCUT2D eigenvalue weighted by atomic mass is 16.4. The van der Waals surface area contributed by atoms with E-state index in [1.54, 1.807) is 0 Å². The number of hydrogen-bond acceptors (Lipinski definition) is 7. The molecule has 0 saturated heterocycles. The molecule has 0 atom stereocenters. The number of aromatic nitrogens is 2. The van der Waals surface area contributed by atoms with Crippen molar-refractivity contribution in [2.45, 2.75) is 0 Å². The molecule has 1 aromatic heterocycles. The van der Waals surface area contributed by atoms with Crippen molar-refractivity contribution in [2.75, 3.05) is 10.6 Å². The van der Waals surface area contributed by atoms with Gasteiger partial charge in [-0.25, -0.2) is 19.2 Å². The van der Waals surface area contributed by atoms with Gasteiger partial charge in [0.1, 0.15) is 5.69 Å². The lowest BCUT2D eigenvalue weighted by Crippen LogP contribution is -2.15. The van der Waals surface area contributed by atoms with Gasteiger partial charge in [-0.3, -0.25) is 14.7 Å². The molecule has 35 heavy (non-hydrogen) atoms. The molecule has 0 aliphatic carbocycles. The third-order valence-corrected chi connectivity index (χ3v) is 4.42. The van der Waals surface area contributed by atoms with E-state index in [9.17, 15) is 28.8 Å². The summed E-state index contributed by atoms with van der Waals surface area (Å²) >= 11 is 0. The van der Waals surface area contributed by atoms with Gasteiger partial charge in [0.15, 0.2) is 5.69 Å². The van der Waals surface area contributed by atoms with Crippen molar-refractivity contribution < 1.29 is 49.2 Å². The van der Waals surface area contributed by atoms with Crippen LogP contribution in [0.3, 0.4) is 0 Å². The van der Waals surface area contributed by atoms with E-state index in [1.807, 2.05) is 0 Å². The molecule has 0 spiro atoms. The topological polar surface area (TPSA) is 236 Å². The molecule has 14 heteroatoms. The van der Waals surface area contributed by atoms with E-state index in [0.717, 1.165) is 42.5 Å². The van der Waals surface area contributed by atoms with Gasteiger partial charge in [0, 0.05) is 17.4 Å². The van der Waals surface area contributed by atoms with Crippen molar-refractivity contribution in [3.63, 3.8) is 0 Å². The Morgan fingerprint density at radius 3 is 1.31 bits per heavy atom. The van der Waals surface area contributed by atoms with Crippen molar-refractivity contribution in [3.05, 3.63) is 76.1 Å². The van der Waals surface area contributed by atoms with Gasteiger partial charge in [-0.1, -0.05) is 0 Å². The molecule has 1 heterocycles. The van der Waals surface area contributed by atoms with Gasteiger partial charge < -0.3 is 31.1 Å². The molecule has 0 aliphatic heterocycles. The third-order valence-electron chi connectivity index (χ3n) is 4.42. The summed E-state index contributed by atoms with van der Waals surface area (Å²) in [5.74, 6) is -7.44. The normalized spacial score (nSPS) is 10.3. The average molecular weight is 482 g/mol. The van der Waals surface area contributed by atoms with Crippen LogP contribution < -0.4 is 10.6 Å². The van der Waals surface area contributed by atoms with Crippen LogP contribution in [0.4, 0.5) is 11.4 Å². The van der Waals surface area contributed by atoms with E-state index in [4.69, 9.17) is 20.4 Å². The maximum Gasteiger partial charge on any atom is 0.335 e. The maximum atomic E-state index is 12.5. The first-order valence-electron chi connectivity index (χ1n) is 9.36. The Bertz CT molecular complexity index is 1240. The van der Waals surface area contributed by atoms with Crippen molar-refractivity contribution >= 4 is 47.1 Å². The molecule has 0 unspecified atom stereocenters. The van der Waals surface area contributed by atoms with Gasteiger partial charge in [-0.15, -0.1) is 0 Å². The van der Waals surface area contributed by atoms with E-state index in [0.29, 0.717) is 0 Å². The number of benzene rings is 2. The fourth-order valence-electron chi connectivity index (χ4n) is 2.84. The van der Waals surface area contributed by atoms with Gasteiger partial charge in [-0.05, 0) is 36.4 Å². The Morgan fingerprint density at radius 2 is 0.943 bits per heavy atom. The van der Waals surface area contributed by atoms with Gasteiger partial charge >= 0.3 is 23.9 Å². The van der Waals surface area contributed by atoms with Crippen LogP contribution in [0.1, 0.15) is 62.4 Å². The summed E-state index contributed by atoms with van der Waals surface area (Å²) in [4.78, 5) is 69.7. The van der Waals surface area contributed by atoms with Crippen LogP contribution in [0.25, 0.3) is 0 Å². The fourth-order valence-corrected chi connectivity index (χ4v) is 2.84. The molecule has 178 valence electrons. The minimum atomic E-state index is -1.42. The first-order chi connectivity index (χ1) is 16.4. The quantitative estimate of drug-likeness (QED) is 0.244. The second kappa shape index (κ2) is 9.53. The summed E-state index contributed by atoms with van der Waals surface area (Å²) in [5, 5.41) is 47.0. The lowest BCUT2D eigenvalue weighted by molar-refractivity contribution is 0.0676. The lowest BCUT2D eigenvalue weighted by Gasteiger charge is -2.07. The fraction of sp³-hybridized carbons (Fsp3) is 0. The van der Waals surface area contributed by atoms with Crippen LogP contribution in [0.2, 0.25) is 0 Å². The Labute approximate surface area is 193 Å². The number of H-pyrrole nitrogens is 1. The number of rotatable bonds is 8. The van der Waals surface area contributed by atoms with Crippen LogP contribution in [0, 0.1) is 0 Å². The molecule has 7 N–H and O–H groups in total. The molecular weight excluding hydrogens is 468 g/mol. The number of carboxylic acids is 4. The number of nitrogens with zero attached hydrogens (tertiary/aromatic N) is 1. The number of nitrogens with one attached hydrogen (secondary N) is 3. The lowest BCUT2D eigenvalue weighted by atomic mass is 10.1. The third kappa shape index (κ3) is 5.64. The number of anilines is 2. The molecule has 3 rings (SSSR count). The summed E-state index contributed by atoms with van der Waals surface area (Å²) in [5.41, 5.74) is -2.38. The predicted molar refractivity (Wildman–Crippen MR) is 115 cm³/mol. The summed E-state index contributed by atoms with van der Waals surface area (Å²) in [6.07, 6.45) is 0. The monoisotopic (exact) mass is 482 g/mol. The number of amides is 2. The highest BCUT2D eigenvalue weighted by molar-refractivity contribution is 6.08. The predicted octanol–water partition coefficient (Wildman–Crippen LogP) is 1.71. The van der Waals surface area contributed by atoms with E-state index in [1.165, 1.54) is 0 Å². The molecule has 2 amide bonds. The SMILES string of the molecule is O=C(O)c1cc(NC(=O)c2cc(C(=O)Nc3cc(C(=O)O)cc(C(=O)O)c3)[nH]n2)cc(C(=O)O)c1. The first kappa shape index (κ1) is 24.1. The Morgan fingerprint density at radius 1 is 0.571 bits per heavy atom. The van der Waals surface area contributed by atoms with E-state index in [-0.39, 0.29) is 45.0 Å². The molecule has 2 aromatic carbocycles. The van der Waals surface area contributed by atoms with Crippen LogP contribution in [-0.2, 0) is 0 Å². The number of carbonyl (C=O) groups excluding carboxylic acids is 2. The molecule has 0 saturated carbocycles. The maximum absolute atomic E-state index is 12.5. The number of aromatic carboxylic acids is 4. The van der Waals surface area contributed by atoms with Crippen molar-refractivity contribution in [3.8, 4) is 0 Å². The minimum Gasteiger partial charge on any atom is -0.478 e. The smallest absolute Gasteiger partial charge is 0.335 e. The zero-order valence-corrected chi connectivity index (χ0v) is 17.2. The highest BCUT2D eigenvalue weighted by Crippen LogP contribution is 2.18. The number of carbonyl (C=O) groups is 6. The van der Waals surface area contributed by atoms with E-state index in [2.05, 4.69) is 20.8 Å². The molecule has 0 fully saturated rings. The highest BCUT2D eigenvalue weighted by Gasteiger charge is 2.19. The number of carboxylic acid groups (broad SMARTS) is 4. The average Bonchev–Trinajstić information content (AvgIpc) is 3.29. The first-order valence-corrected chi connectivity index (χ1v) is 9.36. The Hall–Kier alpha value is -5.53. The second-order valence-electron chi connectivity index (χ2n) is 6.89. The van der Waals surface area contributed by atoms with Gasteiger partial charge in [0.2, 0.25) is 0 Å². The minimum absolute atomic E-state index is 0.139. The zero-order valence-electron chi connectivity index (χ0n) is 17.2. The summed E-state index contributed by atoms with van der Waals surface area (Å²) in [6, 6.07) is 6.96. The van der Waals surface area contributed by atoms with E-state index < -0.39 is 35.7 Å². The molecule has 3 aromatic rings. The Kier molecular flexibility index (Phi) is 6.57. The van der Waals surface area contributed by atoms with Gasteiger partial charge in [0.05, 0.1) is 22.3 Å². The van der Waals surface area contributed by atoms with Crippen LogP contribution in [0.15, 0.2) is 42.5 Å². The second-order valence-corrected chi connectivity index (χ2v) is 6.89. The largest absolute Gasteiger partial charge is 0.478 e. The molecule has 0 aliphatic rings.